The van der Waals surface area contributed by atoms with Gasteiger partial charge in [0.2, 0.25) is 5.91 Å². The van der Waals surface area contributed by atoms with Gasteiger partial charge in [0, 0.05) is 17.6 Å². The van der Waals surface area contributed by atoms with Crippen LogP contribution in [0.1, 0.15) is 37.5 Å². The van der Waals surface area contributed by atoms with Gasteiger partial charge in [-0.05, 0) is 75.6 Å². The van der Waals surface area contributed by atoms with Gasteiger partial charge in [-0.1, -0.05) is 29.8 Å². The number of carbonyl (C=O) groups excluding carboxylic acids is 2. The van der Waals surface area contributed by atoms with Crippen molar-refractivity contribution in [2.24, 2.45) is 0 Å². The molecule has 0 aliphatic rings. The SMILES string of the molecule is Cc1ccc(OCC(=O)N(Cc2ccc(Cl)cc2)[C@@H](C)C(=O)NC(C)C)cc1C. The highest BCUT2D eigenvalue weighted by Gasteiger charge is 2.26. The zero-order chi connectivity index (χ0) is 21.6. The normalized spacial score (nSPS) is 11.8. The van der Waals surface area contributed by atoms with Crippen LogP contribution < -0.4 is 10.1 Å². The Morgan fingerprint density at radius 1 is 1.03 bits per heavy atom. The molecule has 2 aromatic rings. The van der Waals surface area contributed by atoms with E-state index in [0.29, 0.717) is 17.3 Å². The number of amides is 2. The Balaban J connectivity index is 2.15. The largest absolute Gasteiger partial charge is 0.484 e. The van der Waals surface area contributed by atoms with E-state index in [1.165, 1.54) is 4.90 Å². The van der Waals surface area contributed by atoms with E-state index in [-0.39, 0.29) is 24.5 Å². The minimum absolute atomic E-state index is 0.00998. The van der Waals surface area contributed by atoms with Crippen LogP contribution in [0.4, 0.5) is 0 Å². The van der Waals surface area contributed by atoms with Gasteiger partial charge in [0.15, 0.2) is 6.61 Å². The lowest BCUT2D eigenvalue weighted by atomic mass is 10.1. The van der Waals surface area contributed by atoms with Crippen LogP contribution in [0, 0.1) is 13.8 Å². The number of hydrogen-bond acceptors (Lipinski definition) is 3. The van der Waals surface area contributed by atoms with E-state index in [9.17, 15) is 9.59 Å². The second-order valence-electron chi connectivity index (χ2n) is 7.52. The fraction of sp³-hybridized carbons (Fsp3) is 0.391. The quantitative estimate of drug-likeness (QED) is 0.698. The van der Waals surface area contributed by atoms with Crippen molar-refractivity contribution in [1.82, 2.24) is 10.2 Å². The molecule has 0 aromatic heterocycles. The molecule has 1 atom stereocenters. The predicted molar refractivity (Wildman–Crippen MR) is 116 cm³/mol. The molecule has 29 heavy (non-hydrogen) atoms. The molecule has 1 N–H and O–H groups in total. The summed E-state index contributed by atoms with van der Waals surface area (Å²) in [4.78, 5) is 27.0. The fourth-order valence-electron chi connectivity index (χ4n) is 2.81. The number of nitrogens with one attached hydrogen (secondary N) is 1. The van der Waals surface area contributed by atoms with Gasteiger partial charge in [-0.2, -0.15) is 0 Å². The number of halogens is 1. The Morgan fingerprint density at radius 3 is 2.28 bits per heavy atom. The van der Waals surface area contributed by atoms with Crippen molar-refractivity contribution >= 4 is 23.4 Å². The lowest BCUT2D eigenvalue weighted by Crippen LogP contribution is -2.50. The van der Waals surface area contributed by atoms with E-state index < -0.39 is 6.04 Å². The van der Waals surface area contributed by atoms with Crippen LogP contribution >= 0.6 is 11.6 Å². The van der Waals surface area contributed by atoms with Gasteiger partial charge in [-0.25, -0.2) is 0 Å². The van der Waals surface area contributed by atoms with Gasteiger partial charge in [0.25, 0.3) is 5.91 Å². The first kappa shape index (κ1) is 22.8. The van der Waals surface area contributed by atoms with Crippen LogP contribution in [-0.2, 0) is 16.1 Å². The lowest BCUT2D eigenvalue weighted by molar-refractivity contribution is -0.142. The van der Waals surface area contributed by atoms with Crippen molar-refractivity contribution in [2.45, 2.75) is 53.2 Å². The van der Waals surface area contributed by atoms with Crippen LogP contribution in [0.5, 0.6) is 5.75 Å². The third kappa shape index (κ3) is 6.79. The van der Waals surface area contributed by atoms with E-state index in [0.717, 1.165) is 16.7 Å². The molecule has 5 nitrogen and oxygen atoms in total. The molecule has 0 bridgehead atoms. The minimum atomic E-state index is -0.635. The maximum Gasteiger partial charge on any atom is 0.261 e. The highest BCUT2D eigenvalue weighted by Crippen LogP contribution is 2.18. The highest BCUT2D eigenvalue weighted by atomic mass is 35.5. The second kappa shape index (κ2) is 10.3. The summed E-state index contributed by atoms with van der Waals surface area (Å²) < 4.78 is 5.71. The maximum atomic E-state index is 13.0. The monoisotopic (exact) mass is 416 g/mol. The van der Waals surface area contributed by atoms with Crippen molar-refractivity contribution < 1.29 is 14.3 Å². The minimum Gasteiger partial charge on any atom is -0.484 e. The summed E-state index contributed by atoms with van der Waals surface area (Å²) in [5.41, 5.74) is 3.14. The number of ether oxygens (including phenoxy) is 1. The highest BCUT2D eigenvalue weighted by molar-refractivity contribution is 6.30. The summed E-state index contributed by atoms with van der Waals surface area (Å²) in [7, 11) is 0. The van der Waals surface area contributed by atoms with Gasteiger partial charge in [0.1, 0.15) is 11.8 Å². The molecular weight excluding hydrogens is 388 g/mol. The fourth-order valence-corrected chi connectivity index (χ4v) is 2.93. The third-order valence-corrected chi connectivity index (χ3v) is 4.96. The lowest BCUT2D eigenvalue weighted by Gasteiger charge is -2.29. The van der Waals surface area contributed by atoms with Crippen molar-refractivity contribution in [2.75, 3.05) is 6.61 Å². The molecule has 0 heterocycles. The molecule has 0 saturated carbocycles. The molecule has 0 aliphatic heterocycles. The van der Waals surface area contributed by atoms with E-state index in [4.69, 9.17) is 16.3 Å². The summed E-state index contributed by atoms with van der Waals surface area (Å²) in [5.74, 6) is 0.172. The third-order valence-electron chi connectivity index (χ3n) is 4.71. The zero-order valence-corrected chi connectivity index (χ0v) is 18.4. The Bertz CT molecular complexity index is 850. The molecule has 0 fully saturated rings. The molecule has 2 amide bonds. The number of carbonyl (C=O) groups is 2. The summed E-state index contributed by atoms with van der Waals surface area (Å²) in [6.07, 6.45) is 0. The molecule has 6 heteroatoms. The van der Waals surface area contributed by atoms with Gasteiger partial charge < -0.3 is 15.0 Å². The molecule has 0 radical (unpaired) electrons. The van der Waals surface area contributed by atoms with Crippen LogP contribution in [0.3, 0.4) is 0 Å². The van der Waals surface area contributed by atoms with E-state index in [2.05, 4.69) is 5.32 Å². The van der Waals surface area contributed by atoms with Crippen molar-refractivity contribution in [1.29, 1.82) is 0 Å². The van der Waals surface area contributed by atoms with E-state index in [1.807, 2.05) is 58.0 Å². The predicted octanol–water partition coefficient (Wildman–Crippen LogP) is 4.28. The first-order valence-corrected chi connectivity index (χ1v) is 10.1. The van der Waals surface area contributed by atoms with Crippen molar-refractivity contribution in [3.8, 4) is 5.75 Å². The van der Waals surface area contributed by atoms with E-state index >= 15 is 0 Å². The van der Waals surface area contributed by atoms with Crippen LogP contribution in [0.25, 0.3) is 0 Å². The average Bonchev–Trinajstić information content (AvgIpc) is 2.67. The molecule has 2 aromatic carbocycles. The smallest absolute Gasteiger partial charge is 0.261 e. The van der Waals surface area contributed by atoms with Crippen LogP contribution in [0.15, 0.2) is 42.5 Å². The molecule has 0 aliphatic carbocycles. The summed E-state index contributed by atoms with van der Waals surface area (Å²) in [6.45, 7) is 9.66. The summed E-state index contributed by atoms with van der Waals surface area (Å²) in [6, 6.07) is 12.3. The van der Waals surface area contributed by atoms with Crippen LogP contribution in [0.2, 0.25) is 5.02 Å². The van der Waals surface area contributed by atoms with Gasteiger partial charge >= 0.3 is 0 Å². The molecular formula is C23H29ClN2O3. The summed E-state index contributed by atoms with van der Waals surface area (Å²) >= 11 is 5.96. The molecule has 0 saturated heterocycles. The van der Waals surface area contributed by atoms with Crippen molar-refractivity contribution in [3.63, 3.8) is 0 Å². The molecule has 156 valence electrons. The molecule has 0 spiro atoms. The summed E-state index contributed by atoms with van der Waals surface area (Å²) in [5, 5.41) is 3.49. The standard InChI is InChI=1S/C23H29ClN2O3/c1-15(2)25-23(28)18(5)26(13-19-7-9-20(24)10-8-19)22(27)14-29-21-11-6-16(3)17(4)12-21/h6-12,15,18H,13-14H2,1-5H3,(H,25,28)/t18-/m0/s1. The Kier molecular flexibility index (Phi) is 8.09. The first-order chi connectivity index (χ1) is 13.7. The Labute approximate surface area is 178 Å². The van der Waals surface area contributed by atoms with Gasteiger partial charge in [0.05, 0.1) is 0 Å². The maximum absolute atomic E-state index is 13.0. The van der Waals surface area contributed by atoms with Crippen LogP contribution in [-0.4, -0.2) is 35.4 Å². The Hall–Kier alpha value is -2.53. The number of rotatable bonds is 8. The Morgan fingerprint density at radius 2 is 1.69 bits per heavy atom. The second-order valence-corrected chi connectivity index (χ2v) is 7.96. The average molecular weight is 417 g/mol. The topological polar surface area (TPSA) is 58.6 Å². The molecule has 2 rings (SSSR count). The van der Waals surface area contributed by atoms with Crippen molar-refractivity contribution in [3.05, 3.63) is 64.2 Å². The van der Waals surface area contributed by atoms with Gasteiger partial charge in [-0.15, -0.1) is 0 Å². The first-order valence-electron chi connectivity index (χ1n) is 9.71. The van der Waals surface area contributed by atoms with E-state index in [1.54, 1.807) is 19.1 Å². The van der Waals surface area contributed by atoms with Gasteiger partial charge in [-0.3, -0.25) is 9.59 Å². The zero-order valence-electron chi connectivity index (χ0n) is 17.7. The number of hydrogen-bond donors (Lipinski definition) is 1. The number of nitrogens with zero attached hydrogens (tertiary/aromatic N) is 1. The number of benzene rings is 2. The molecule has 0 unspecified atom stereocenters. The number of aryl methyl sites for hydroxylation is 2.